The van der Waals surface area contributed by atoms with Crippen molar-refractivity contribution < 1.29 is 4.79 Å². The minimum absolute atomic E-state index is 0.0677. The van der Waals surface area contributed by atoms with Crippen molar-refractivity contribution in [3.8, 4) is 5.69 Å². The third kappa shape index (κ3) is 4.23. The molecule has 0 spiro atoms. The third-order valence-corrected chi connectivity index (χ3v) is 5.81. The minimum Gasteiger partial charge on any atom is -0.325 e. The molecule has 7 nitrogen and oxygen atoms in total. The quantitative estimate of drug-likeness (QED) is 0.734. The second-order valence-electron chi connectivity index (χ2n) is 6.78. The highest BCUT2D eigenvalue weighted by atomic mass is 32.1. The first-order valence-electron chi connectivity index (χ1n) is 9.13. The molecule has 140 valence electrons. The molecule has 8 heteroatoms. The maximum absolute atomic E-state index is 12.9. The molecule has 0 saturated carbocycles. The topological polar surface area (TPSA) is 75.9 Å². The van der Waals surface area contributed by atoms with Gasteiger partial charge in [0, 0.05) is 22.0 Å². The molecule has 27 heavy (non-hydrogen) atoms. The second-order valence-corrected chi connectivity index (χ2v) is 8.16. The Morgan fingerprint density at radius 2 is 2.07 bits per heavy atom. The van der Waals surface area contributed by atoms with E-state index in [4.69, 9.17) is 0 Å². The van der Waals surface area contributed by atoms with Crippen LogP contribution in [0.25, 0.3) is 5.69 Å². The summed E-state index contributed by atoms with van der Waals surface area (Å²) >= 11 is 1.81. The minimum atomic E-state index is -0.0830. The largest absolute Gasteiger partial charge is 0.325 e. The molecule has 1 unspecified atom stereocenters. The van der Waals surface area contributed by atoms with Crippen LogP contribution in [0.1, 0.15) is 29.0 Å². The molecule has 3 heterocycles. The van der Waals surface area contributed by atoms with Crippen molar-refractivity contribution in [1.82, 2.24) is 25.1 Å². The molecule has 4 rings (SSSR count). The summed E-state index contributed by atoms with van der Waals surface area (Å²) in [5.41, 5.74) is 1.64. The van der Waals surface area contributed by atoms with Gasteiger partial charge in [0.25, 0.3) is 0 Å². The summed E-state index contributed by atoms with van der Waals surface area (Å²) in [6.45, 7) is 3.93. The number of tetrazole rings is 1. The average molecular weight is 382 g/mol. The number of hydrogen-bond donors (Lipinski definition) is 1. The van der Waals surface area contributed by atoms with Crippen molar-refractivity contribution in [1.29, 1.82) is 0 Å². The summed E-state index contributed by atoms with van der Waals surface area (Å²) in [7, 11) is 0. The number of piperidine rings is 1. The van der Waals surface area contributed by atoms with Gasteiger partial charge in [0.15, 0.2) is 0 Å². The fourth-order valence-electron chi connectivity index (χ4n) is 3.45. The van der Waals surface area contributed by atoms with Crippen LogP contribution >= 0.6 is 11.3 Å². The highest BCUT2D eigenvalue weighted by Crippen LogP contribution is 2.24. The zero-order chi connectivity index (χ0) is 18.6. The van der Waals surface area contributed by atoms with Crippen LogP contribution in [0.15, 0.2) is 42.7 Å². The number of carbonyl (C=O) groups is 1. The Balaban J connectivity index is 1.42. The van der Waals surface area contributed by atoms with Crippen molar-refractivity contribution in [3.63, 3.8) is 0 Å². The molecule has 1 atom stereocenters. The molecule has 3 aromatic rings. The summed E-state index contributed by atoms with van der Waals surface area (Å²) < 4.78 is 1.58. The number of aryl methyl sites for hydroxylation is 1. The van der Waals surface area contributed by atoms with Crippen molar-refractivity contribution >= 4 is 22.9 Å². The number of nitrogens with one attached hydrogen (secondary N) is 1. The van der Waals surface area contributed by atoms with Gasteiger partial charge in [-0.25, -0.2) is 4.68 Å². The lowest BCUT2D eigenvalue weighted by Crippen LogP contribution is -2.46. The number of nitrogens with zero attached hydrogens (tertiary/aromatic N) is 5. The van der Waals surface area contributed by atoms with Gasteiger partial charge < -0.3 is 5.32 Å². The van der Waals surface area contributed by atoms with E-state index in [1.54, 1.807) is 11.0 Å². The monoisotopic (exact) mass is 382 g/mol. The Hall–Kier alpha value is -2.58. The number of rotatable bonds is 5. The van der Waals surface area contributed by atoms with Gasteiger partial charge in [-0.2, -0.15) is 0 Å². The smallest absolute Gasteiger partial charge is 0.241 e. The van der Waals surface area contributed by atoms with Gasteiger partial charge in [-0.15, -0.1) is 16.4 Å². The average Bonchev–Trinajstić information content (AvgIpc) is 3.35. The van der Waals surface area contributed by atoms with Crippen molar-refractivity contribution in [2.45, 2.75) is 38.8 Å². The van der Waals surface area contributed by atoms with Gasteiger partial charge in [-0.3, -0.25) is 9.69 Å². The van der Waals surface area contributed by atoms with E-state index in [2.05, 4.69) is 44.8 Å². The summed E-state index contributed by atoms with van der Waals surface area (Å²) in [5.74, 6) is 0.0677. The fourth-order valence-corrected chi connectivity index (χ4v) is 4.37. The summed E-state index contributed by atoms with van der Waals surface area (Å²) in [6.07, 6.45) is 4.68. The standard InChI is InChI=1S/C19H22N6OS/c1-14-5-10-17(27-14)12-24-11-3-2-4-18(24)19(26)21-15-6-8-16(9-7-15)25-13-20-22-23-25/h5-10,13,18H,2-4,11-12H2,1H3,(H,21,26). The van der Waals surface area contributed by atoms with Crippen LogP contribution in [0, 0.1) is 6.92 Å². The number of hydrogen-bond acceptors (Lipinski definition) is 6. The summed E-state index contributed by atoms with van der Waals surface area (Å²) in [4.78, 5) is 17.8. The van der Waals surface area contributed by atoms with E-state index >= 15 is 0 Å². The van der Waals surface area contributed by atoms with E-state index in [0.29, 0.717) is 0 Å². The van der Waals surface area contributed by atoms with Crippen LogP contribution in [0.3, 0.4) is 0 Å². The molecule has 1 saturated heterocycles. The number of likely N-dealkylation sites (tertiary alicyclic amines) is 1. The van der Waals surface area contributed by atoms with Gasteiger partial charge >= 0.3 is 0 Å². The molecular formula is C19H22N6OS. The summed E-state index contributed by atoms with van der Waals surface area (Å²) in [5, 5.41) is 14.2. The van der Waals surface area contributed by atoms with Crippen molar-refractivity contribution in [2.24, 2.45) is 0 Å². The normalized spacial score (nSPS) is 17.7. The van der Waals surface area contributed by atoms with E-state index in [9.17, 15) is 4.79 Å². The molecule has 2 aromatic heterocycles. The number of aromatic nitrogens is 4. The molecule has 1 aromatic carbocycles. The molecule has 1 aliphatic rings. The van der Waals surface area contributed by atoms with Crippen LogP contribution in [0.2, 0.25) is 0 Å². The molecule has 0 bridgehead atoms. The lowest BCUT2D eigenvalue weighted by atomic mass is 10.0. The van der Waals surface area contributed by atoms with Gasteiger partial charge in [0.1, 0.15) is 6.33 Å². The Morgan fingerprint density at radius 3 is 2.78 bits per heavy atom. The maximum atomic E-state index is 12.9. The number of benzene rings is 1. The van der Waals surface area contributed by atoms with Crippen LogP contribution in [0.5, 0.6) is 0 Å². The molecule has 0 radical (unpaired) electrons. The highest BCUT2D eigenvalue weighted by Gasteiger charge is 2.29. The Labute approximate surface area is 162 Å². The highest BCUT2D eigenvalue weighted by molar-refractivity contribution is 7.11. The van der Waals surface area contributed by atoms with Crippen LogP contribution in [-0.2, 0) is 11.3 Å². The molecule has 0 aliphatic carbocycles. The van der Waals surface area contributed by atoms with E-state index in [1.807, 2.05) is 35.6 Å². The van der Waals surface area contributed by atoms with E-state index in [1.165, 1.54) is 9.75 Å². The Bertz CT molecular complexity index is 889. The van der Waals surface area contributed by atoms with Gasteiger partial charge in [0.05, 0.1) is 11.7 Å². The molecule has 1 aliphatic heterocycles. The third-order valence-electron chi connectivity index (χ3n) is 4.82. The van der Waals surface area contributed by atoms with Gasteiger partial charge in [0.2, 0.25) is 5.91 Å². The molecule has 1 fully saturated rings. The zero-order valence-electron chi connectivity index (χ0n) is 15.2. The molecular weight excluding hydrogens is 360 g/mol. The SMILES string of the molecule is Cc1ccc(CN2CCCCC2C(=O)Nc2ccc(-n3cnnn3)cc2)s1. The lowest BCUT2D eigenvalue weighted by molar-refractivity contribution is -0.122. The van der Waals surface area contributed by atoms with Crippen molar-refractivity contribution in [2.75, 3.05) is 11.9 Å². The molecule has 1 N–H and O–H groups in total. The first-order valence-corrected chi connectivity index (χ1v) is 9.94. The number of thiophene rings is 1. The second kappa shape index (κ2) is 7.98. The number of carbonyl (C=O) groups excluding carboxylic acids is 1. The Kier molecular flexibility index (Phi) is 5.26. The number of anilines is 1. The predicted molar refractivity (Wildman–Crippen MR) is 105 cm³/mol. The van der Waals surface area contributed by atoms with Crippen LogP contribution in [-0.4, -0.2) is 43.6 Å². The van der Waals surface area contributed by atoms with Crippen molar-refractivity contribution in [3.05, 3.63) is 52.5 Å². The predicted octanol–water partition coefficient (Wildman–Crippen LogP) is 3.03. The van der Waals surface area contributed by atoms with Gasteiger partial charge in [-0.05, 0) is 73.1 Å². The molecule has 1 amide bonds. The first-order chi connectivity index (χ1) is 13.2. The van der Waals surface area contributed by atoms with E-state index in [0.717, 1.165) is 43.7 Å². The van der Waals surface area contributed by atoms with E-state index in [-0.39, 0.29) is 11.9 Å². The summed E-state index contributed by atoms with van der Waals surface area (Å²) in [6, 6.07) is 11.8. The maximum Gasteiger partial charge on any atom is 0.241 e. The van der Waals surface area contributed by atoms with Gasteiger partial charge in [-0.1, -0.05) is 6.42 Å². The zero-order valence-corrected chi connectivity index (χ0v) is 16.0. The lowest BCUT2D eigenvalue weighted by Gasteiger charge is -2.34. The van der Waals surface area contributed by atoms with Crippen LogP contribution < -0.4 is 5.32 Å². The Morgan fingerprint density at radius 1 is 1.22 bits per heavy atom. The fraction of sp³-hybridized carbons (Fsp3) is 0.368. The number of amides is 1. The van der Waals surface area contributed by atoms with E-state index < -0.39 is 0 Å². The first kappa shape index (κ1) is 17.8. The van der Waals surface area contributed by atoms with Crippen LogP contribution in [0.4, 0.5) is 5.69 Å².